The third-order valence-electron chi connectivity index (χ3n) is 4.16. The van der Waals surface area contributed by atoms with Crippen molar-refractivity contribution in [1.29, 1.82) is 0 Å². The minimum Gasteiger partial charge on any atom is -0.377 e. The molecule has 1 aromatic heterocycles. The second-order valence-corrected chi connectivity index (χ2v) is 6.24. The van der Waals surface area contributed by atoms with E-state index in [-0.39, 0.29) is 0 Å². The predicted molar refractivity (Wildman–Crippen MR) is 86.6 cm³/mol. The molecule has 0 unspecified atom stereocenters. The van der Waals surface area contributed by atoms with Crippen LogP contribution in [0, 0.1) is 5.41 Å². The van der Waals surface area contributed by atoms with Gasteiger partial charge in [-0.05, 0) is 25.2 Å². The van der Waals surface area contributed by atoms with Crippen molar-refractivity contribution in [1.82, 2.24) is 9.97 Å². The summed E-state index contributed by atoms with van der Waals surface area (Å²) in [6, 6.07) is 1.98. The normalized spacial score (nSPS) is 17.5. The van der Waals surface area contributed by atoms with E-state index in [0.717, 1.165) is 24.7 Å². The van der Waals surface area contributed by atoms with Crippen molar-refractivity contribution in [3.63, 3.8) is 0 Å². The van der Waals surface area contributed by atoms with Crippen molar-refractivity contribution in [2.45, 2.75) is 52.6 Å². The summed E-state index contributed by atoms with van der Waals surface area (Å²) in [7, 11) is 1.67. The standard InChI is InChI=1S/C16H28N4O/c1-4-17-13-10-14(20-15(19-13)11-21-3)18-12-16(2)8-6-5-7-9-16/h10H,4-9,11-12H2,1-3H3,(H2,17,18,19,20). The van der Waals surface area contributed by atoms with E-state index in [1.54, 1.807) is 7.11 Å². The molecule has 0 saturated heterocycles. The van der Waals surface area contributed by atoms with Gasteiger partial charge in [0.05, 0.1) is 0 Å². The first-order valence-corrected chi connectivity index (χ1v) is 8.00. The number of rotatable bonds is 7. The lowest BCUT2D eigenvalue weighted by Crippen LogP contribution is -2.29. The minimum absolute atomic E-state index is 0.392. The van der Waals surface area contributed by atoms with Gasteiger partial charge in [0, 0.05) is 26.3 Å². The monoisotopic (exact) mass is 292 g/mol. The fourth-order valence-corrected chi connectivity index (χ4v) is 2.94. The zero-order valence-electron chi connectivity index (χ0n) is 13.5. The van der Waals surface area contributed by atoms with Gasteiger partial charge >= 0.3 is 0 Å². The van der Waals surface area contributed by atoms with Gasteiger partial charge in [-0.2, -0.15) is 0 Å². The molecule has 0 aliphatic heterocycles. The van der Waals surface area contributed by atoms with E-state index in [0.29, 0.717) is 17.8 Å². The Morgan fingerprint density at radius 3 is 2.43 bits per heavy atom. The molecular formula is C16H28N4O. The summed E-state index contributed by atoms with van der Waals surface area (Å²) >= 11 is 0. The molecule has 0 aromatic carbocycles. The van der Waals surface area contributed by atoms with Crippen molar-refractivity contribution in [3.05, 3.63) is 11.9 Å². The maximum atomic E-state index is 5.15. The number of methoxy groups -OCH3 is 1. The Labute approximate surface area is 127 Å². The molecule has 0 bridgehead atoms. The van der Waals surface area contributed by atoms with Crippen molar-refractivity contribution < 1.29 is 4.74 Å². The number of aromatic nitrogens is 2. The molecule has 1 aromatic rings. The van der Waals surface area contributed by atoms with Crippen molar-refractivity contribution in [2.24, 2.45) is 5.41 Å². The fraction of sp³-hybridized carbons (Fsp3) is 0.750. The molecule has 5 heteroatoms. The molecule has 1 fully saturated rings. The smallest absolute Gasteiger partial charge is 0.158 e. The molecule has 118 valence electrons. The van der Waals surface area contributed by atoms with E-state index in [1.807, 2.05) is 6.07 Å². The van der Waals surface area contributed by atoms with E-state index in [2.05, 4.69) is 34.4 Å². The SMILES string of the molecule is CCNc1cc(NCC2(C)CCCCC2)nc(COC)n1. The van der Waals surface area contributed by atoms with Crippen LogP contribution in [0.15, 0.2) is 6.07 Å². The third kappa shape index (κ3) is 4.84. The Morgan fingerprint density at radius 2 is 1.81 bits per heavy atom. The molecule has 1 saturated carbocycles. The average molecular weight is 292 g/mol. The zero-order valence-corrected chi connectivity index (χ0v) is 13.5. The summed E-state index contributed by atoms with van der Waals surface area (Å²) in [5.41, 5.74) is 0.392. The molecule has 21 heavy (non-hydrogen) atoms. The highest BCUT2D eigenvalue weighted by Gasteiger charge is 2.26. The first-order valence-electron chi connectivity index (χ1n) is 8.00. The Hall–Kier alpha value is -1.36. The summed E-state index contributed by atoms with van der Waals surface area (Å²) < 4.78 is 5.15. The summed E-state index contributed by atoms with van der Waals surface area (Å²) in [6.07, 6.45) is 6.68. The van der Waals surface area contributed by atoms with Crippen LogP contribution in [-0.4, -0.2) is 30.2 Å². The summed E-state index contributed by atoms with van der Waals surface area (Å²) in [4.78, 5) is 8.97. The second kappa shape index (κ2) is 7.59. The van der Waals surface area contributed by atoms with Crippen molar-refractivity contribution in [2.75, 3.05) is 30.8 Å². The van der Waals surface area contributed by atoms with Crippen LogP contribution < -0.4 is 10.6 Å². The number of nitrogens with one attached hydrogen (secondary N) is 2. The van der Waals surface area contributed by atoms with Crippen molar-refractivity contribution >= 4 is 11.6 Å². The summed E-state index contributed by atoms with van der Waals surface area (Å²) in [5, 5.41) is 6.75. The van der Waals surface area contributed by atoms with Crippen molar-refractivity contribution in [3.8, 4) is 0 Å². The first-order chi connectivity index (χ1) is 10.1. The van der Waals surface area contributed by atoms with Gasteiger partial charge in [-0.15, -0.1) is 0 Å². The lowest BCUT2D eigenvalue weighted by atomic mass is 9.76. The van der Waals surface area contributed by atoms with Gasteiger partial charge in [0.15, 0.2) is 5.82 Å². The molecule has 0 spiro atoms. The Kier molecular flexibility index (Phi) is 5.79. The van der Waals surface area contributed by atoms with E-state index < -0.39 is 0 Å². The quantitative estimate of drug-likeness (QED) is 0.806. The second-order valence-electron chi connectivity index (χ2n) is 6.24. The largest absolute Gasteiger partial charge is 0.377 e. The van der Waals surface area contributed by atoms with Crippen LogP contribution >= 0.6 is 0 Å². The number of hydrogen-bond donors (Lipinski definition) is 2. The van der Waals surface area contributed by atoms with E-state index >= 15 is 0 Å². The Balaban J connectivity index is 2.03. The Morgan fingerprint density at radius 1 is 1.14 bits per heavy atom. The van der Waals surface area contributed by atoms with Crippen LogP contribution in [-0.2, 0) is 11.3 Å². The molecule has 1 heterocycles. The summed E-state index contributed by atoms with van der Waals surface area (Å²) in [5.74, 6) is 2.46. The molecule has 0 atom stereocenters. The van der Waals surface area contributed by atoms with Crippen LogP contribution in [0.3, 0.4) is 0 Å². The maximum Gasteiger partial charge on any atom is 0.158 e. The van der Waals surface area contributed by atoms with Crippen LogP contribution in [0.5, 0.6) is 0 Å². The average Bonchev–Trinajstić information content (AvgIpc) is 2.47. The molecule has 2 N–H and O–H groups in total. The fourth-order valence-electron chi connectivity index (χ4n) is 2.94. The number of nitrogens with zero attached hydrogens (tertiary/aromatic N) is 2. The first kappa shape index (κ1) is 16.0. The van der Waals surface area contributed by atoms with Crippen LogP contribution in [0.1, 0.15) is 51.8 Å². The van der Waals surface area contributed by atoms with Gasteiger partial charge in [0.25, 0.3) is 0 Å². The van der Waals surface area contributed by atoms with Crippen LogP contribution in [0.25, 0.3) is 0 Å². The highest BCUT2D eigenvalue weighted by atomic mass is 16.5. The maximum absolute atomic E-state index is 5.15. The van der Waals surface area contributed by atoms with Gasteiger partial charge in [-0.25, -0.2) is 9.97 Å². The topological polar surface area (TPSA) is 59.1 Å². The molecule has 1 aliphatic carbocycles. The molecule has 0 amide bonds. The van der Waals surface area contributed by atoms with Gasteiger partial charge in [0.1, 0.15) is 18.2 Å². The van der Waals surface area contributed by atoms with E-state index in [4.69, 9.17) is 4.74 Å². The highest BCUT2D eigenvalue weighted by Crippen LogP contribution is 2.35. The Bertz CT molecular complexity index is 420. The number of hydrogen-bond acceptors (Lipinski definition) is 5. The van der Waals surface area contributed by atoms with E-state index in [9.17, 15) is 0 Å². The van der Waals surface area contributed by atoms with Gasteiger partial charge in [0.2, 0.25) is 0 Å². The molecule has 1 aliphatic rings. The number of anilines is 2. The lowest BCUT2D eigenvalue weighted by Gasteiger charge is -2.33. The zero-order chi connectivity index (χ0) is 15.1. The minimum atomic E-state index is 0.392. The predicted octanol–water partition coefficient (Wildman–Crippen LogP) is 3.44. The molecule has 2 rings (SSSR count). The van der Waals surface area contributed by atoms with Gasteiger partial charge in [-0.1, -0.05) is 26.2 Å². The van der Waals surface area contributed by atoms with Crippen LogP contribution in [0.4, 0.5) is 11.6 Å². The summed E-state index contributed by atoms with van der Waals surface area (Å²) in [6.45, 7) is 6.70. The van der Waals surface area contributed by atoms with E-state index in [1.165, 1.54) is 32.1 Å². The van der Waals surface area contributed by atoms with Crippen LogP contribution in [0.2, 0.25) is 0 Å². The highest BCUT2D eigenvalue weighted by molar-refractivity contribution is 5.47. The molecule has 0 radical (unpaired) electrons. The number of ether oxygens (including phenoxy) is 1. The third-order valence-corrected chi connectivity index (χ3v) is 4.16. The molecule has 5 nitrogen and oxygen atoms in total. The lowest BCUT2D eigenvalue weighted by molar-refractivity contribution is 0.178. The van der Waals surface area contributed by atoms with Gasteiger partial charge in [-0.3, -0.25) is 0 Å². The molecular weight excluding hydrogens is 264 g/mol. The van der Waals surface area contributed by atoms with Gasteiger partial charge < -0.3 is 15.4 Å².